The van der Waals surface area contributed by atoms with E-state index in [0.29, 0.717) is 12.8 Å². The summed E-state index contributed by atoms with van der Waals surface area (Å²) in [7, 11) is 1.62. The Morgan fingerprint density at radius 3 is 2.94 bits per heavy atom. The van der Waals surface area contributed by atoms with Gasteiger partial charge in [-0.05, 0) is 40.0 Å². The van der Waals surface area contributed by atoms with Crippen LogP contribution >= 0.6 is 15.9 Å². The number of ether oxygens (including phenoxy) is 1. The highest BCUT2D eigenvalue weighted by atomic mass is 79.9. The molecule has 0 spiro atoms. The van der Waals surface area contributed by atoms with Crippen molar-refractivity contribution in [3.8, 4) is 18.1 Å². The zero-order valence-corrected chi connectivity index (χ0v) is 11.2. The first-order valence-electron chi connectivity index (χ1n) is 5.20. The van der Waals surface area contributed by atoms with Gasteiger partial charge in [-0.15, -0.1) is 6.42 Å². The number of nitrogens with one attached hydrogen (secondary N) is 1. The van der Waals surface area contributed by atoms with Gasteiger partial charge in [0.2, 0.25) is 5.91 Å². The number of terminal acetylenes is 1. The third-order valence-electron chi connectivity index (χ3n) is 2.24. The minimum absolute atomic E-state index is 0.0325. The first-order chi connectivity index (χ1) is 8.17. The van der Waals surface area contributed by atoms with E-state index in [4.69, 9.17) is 11.2 Å². The topological polar surface area (TPSA) is 38.3 Å². The second-order valence-corrected chi connectivity index (χ2v) is 4.30. The van der Waals surface area contributed by atoms with Gasteiger partial charge in [-0.1, -0.05) is 12.0 Å². The van der Waals surface area contributed by atoms with Crippen LogP contribution in [0.1, 0.15) is 12.0 Å². The molecule has 0 bridgehead atoms. The van der Waals surface area contributed by atoms with E-state index < -0.39 is 0 Å². The molecule has 0 unspecified atom stereocenters. The molecule has 3 nitrogen and oxygen atoms in total. The third kappa shape index (κ3) is 4.49. The molecule has 90 valence electrons. The van der Waals surface area contributed by atoms with Crippen molar-refractivity contribution in [3.63, 3.8) is 0 Å². The van der Waals surface area contributed by atoms with Crippen molar-refractivity contribution in [1.29, 1.82) is 0 Å². The summed E-state index contributed by atoms with van der Waals surface area (Å²) in [5, 5.41) is 2.63. The molecular weight excluding hydrogens is 282 g/mol. The lowest BCUT2D eigenvalue weighted by Crippen LogP contribution is -2.23. The van der Waals surface area contributed by atoms with E-state index >= 15 is 0 Å². The van der Waals surface area contributed by atoms with E-state index in [1.807, 2.05) is 18.2 Å². The molecule has 0 heterocycles. The Balaban J connectivity index is 2.50. The fraction of sp³-hybridized carbons (Fsp3) is 0.308. The van der Waals surface area contributed by atoms with Crippen LogP contribution in [0.15, 0.2) is 22.7 Å². The Kier molecular flexibility index (Phi) is 5.58. The molecular formula is C13H14BrNO2. The van der Waals surface area contributed by atoms with E-state index in [-0.39, 0.29) is 12.5 Å². The number of benzene rings is 1. The molecule has 1 rings (SSSR count). The number of carbonyl (C=O) groups excluding carboxylic acids is 1. The Hall–Kier alpha value is -1.47. The van der Waals surface area contributed by atoms with E-state index in [1.165, 1.54) is 0 Å². The predicted octanol–water partition coefficient (Wildman–Crippen LogP) is 2.14. The quantitative estimate of drug-likeness (QED) is 0.845. The molecule has 0 aliphatic carbocycles. The average molecular weight is 296 g/mol. The number of rotatable bonds is 5. The van der Waals surface area contributed by atoms with Gasteiger partial charge in [0.1, 0.15) is 5.75 Å². The van der Waals surface area contributed by atoms with Crippen LogP contribution in [-0.2, 0) is 11.2 Å². The molecule has 0 saturated carbocycles. The summed E-state index contributed by atoms with van der Waals surface area (Å²) in [4.78, 5) is 11.3. The SMILES string of the molecule is C#CCNC(=O)CCc1ccc(OC)c(Br)c1. The van der Waals surface area contributed by atoms with Crippen molar-refractivity contribution in [1.82, 2.24) is 5.32 Å². The fourth-order valence-corrected chi connectivity index (χ4v) is 1.95. The smallest absolute Gasteiger partial charge is 0.221 e. The van der Waals surface area contributed by atoms with Gasteiger partial charge in [0.15, 0.2) is 0 Å². The van der Waals surface area contributed by atoms with E-state index in [1.54, 1.807) is 7.11 Å². The zero-order chi connectivity index (χ0) is 12.7. The lowest BCUT2D eigenvalue weighted by molar-refractivity contribution is -0.120. The molecule has 1 aromatic carbocycles. The Bertz CT molecular complexity index is 438. The van der Waals surface area contributed by atoms with Crippen LogP contribution in [0.5, 0.6) is 5.75 Å². The summed E-state index contributed by atoms with van der Waals surface area (Å²) in [6, 6.07) is 5.77. The number of hydrogen-bond acceptors (Lipinski definition) is 2. The van der Waals surface area contributed by atoms with Crippen LogP contribution in [0.2, 0.25) is 0 Å². The van der Waals surface area contributed by atoms with Gasteiger partial charge in [0, 0.05) is 6.42 Å². The standard InChI is InChI=1S/C13H14BrNO2/c1-3-8-15-13(16)7-5-10-4-6-12(17-2)11(14)9-10/h1,4,6,9H,5,7-8H2,2H3,(H,15,16). The van der Waals surface area contributed by atoms with Gasteiger partial charge in [0.05, 0.1) is 18.1 Å². The number of methoxy groups -OCH3 is 1. The molecule has 1 N–H and O–H groups in total. The summed E-state index contributed by atoms with van der Waals surface area (Å²) >= 11 is 3.40. The van der Waals surface area contributed by atoms with Gasteiger partial charge < -0.3 is 10.1 Å². The number of hydrogen-bond donors (Lipinski definition) is 1. The monoisotopic (exact) mass is 295 g/mol. The van der Waals surface area contributed by atoms with E-state index in [0.717, 1.165) is 15.8 Å². The molecule has 0 aliphatic heterocycles. The Morgan fingerprint density at radius 2 is 2.35 bits per heavy atom. The minimum Gasteiger partial charge on any atom is -0.496 e. The summed E-state index contributed by atoms with van der Waals surface area (Å²) in [5.41, 5.74) is 1.08. The van der Waals surface area contributed by atoms with Crippen molar-refractivity contribution in [2.45, 2.75) is 12.8 Å². The normalized spacial score (nSPS) is 9.47. The molecule has 0 aliphatic rings. The van der Waals surface area contributed by atoms with Crippen LogP contribution in [0.3, 0.4) is 0 Å². The van der Waals surface area contributed by atoms with Crippen LogP contribution in [0, 0.1) is 12.3 Å². The largest absolute Gasteiger partial charge is 0.496 e. The number of amides is 1. The molecule has 1 amide bonds. The summed E-state index contributed by atoms with van der Waals surface area (Å²) < 4.78 is 6.02. The maximum atomic E-state index is 11.3. The van der Waals surface area contributed by atoms with E-state index in [9.17, 15) is 4.79 Å². The number of halogens is 1. The number of carbonyl (C=O) groups is 1. The van der Waals surface area contributed by atoms with Gasteiger partial charge >= 0.3 is 0 Å². The van der Waals surface area contributed by atoms with Crippen LogP contribution in [-0.4, -0.2) is 19.6 Å². The molecule has 0 radical (unpaired) electrons. The number of aryl methyl sites for hydroxylation is 1. The summed E-state index contributed by atoms with van der Waals surface area (Å²) in [5.74, 6) is 3.12. The fourth-order valence-electron chi connectivity index (χ4n) is 1.36. The average Bonchev–Trinajstić information content (AvgIpc) is 2.34. The molecule has 0 saturated heterocycles. The van der Waals surface area contributed by atoms with Crippen molar-refractivity contribution in [2.75, 3.05) is 13.7 Å². The highest BCUT2D eigenvalue weighted by Crippen LogP contribution is 2.25. The maximum Gasteiger partial charge on any atom is 0.221 e. The Labute approximate surface area is 110 Å². The van der Waals surface area contributed by atoms with Crippen molar-refractivity contribution >= 4 is 21.8 Å². The van der Waals surface area contributed by atoms with Crippen LogP contribution < -0.4 is 10.1 Å². The maximum absolute atomic E-state index is 11.3. The summed E-state index contributed by atoms with van der Waals surface area (Å²) in [6.45, 7) is 0.283. The first-order valence-corrected chi connectivity index (χ1v) is 5.99. The molecule has 0 aromatic heterocycles. The molecule has 17 heavy (non-hydrogen) atoms. The lowest BCUT2D eigenvalue weighted by Gasteiger charge is -2.06. The van der Waals surface area contributed by atoms with Gasteiger partial charge in [-0.2, -0.15) is 0 Å². The van der Waals surface area contributed by atoms with Gasteiger partial charge in [-0.3, -0.25) is 4.79 Å². The van der Waals surface area contributed by atoms with Crippen molar-refractivity contribution in [3.05, 3.63) is 28.2 Å². The highest BCUT2D eigenvalue weighted by molar-refractivity contribution is 9.10. The molecule has 1 aromatic rings. The molecule has 0 atom stereocenters. The minimum atomic E-state index is -0.0325. The predicted molar refractivity (Wildman–Crippen MR) is 70.9 cm³/mol. The van der Waals surface area contributed by atoms with Gasteiger partial charge in [-0.25, -0.2) is 0 Å². The first kappa shape index (κ1) is 13.6. The second kappa shape index (κ2) is 6.97. The molecule has 4 heteroatoms. The Morgan fingerprint density at radius 1 is 1.59 bits per heavy atom. The second-order valence-electron chi connectivity index (χ2n) is 3.45. The highest BCUT2D eigenvalue weighted by Gasteiger charge is 2.04. The third-order valence-corrected chi connectivity index (χ3v) is 2.86. The lowest BCUT2D eigenvalue weighted by atomic mass is 10.1. The van der Waals surface area contributed by atoms with Crippen LogP contribution in [0.4, 0.5) is 0 Å². The van der Waals surface area contributed by atoms with Crippen molar-refractivity contribution in [2.24, 2.45) is 0 Å². The zero-order valence-electron chi connectivity index (χ0n) is 9.63. The van der Waals surface area contributed by atoms with Crippen LogP contribution in [0.25, 0.3) is 0 Å². The van der Waals surface area contributed by atoms with Gasteiger partial charge in [0.25, 0.3) is 0 Å². The van der Waals surface area contributed by atoms with Crippen molar-refractivity contribution < 1.29 is 9.53 Å². The van der Waals surface area contributed by atoms with E-state index in [2.05, 4.69) is 27.2 Å². The summed E-state index contributed by atoms with van der Waals surface area (Å²) in [6.07, 6.45) is 6.16. The molecule has 0 fully saturated rings.